The largest absolute Gasteiger partial charge is 0.380 e. The van der Waals surface area contributed by atoms with Crippen molar-refractivity contribution in [3.05, 3.63) is 29.8 Å². The van der Waals surface area contributed by atoms with E-state index in [4.69, 9.17) is 0 Å². The molecule has 16 heavy (non-hydrogen) atoms. The van der Waals surface area contributed by atoms with Crippen LogP contribution >= 0.6 is 0 Å². The van der Waals surface area contributed by atoms with Gasteiger partial charge in [0, 0.05) is 11.2 Å². The summed E-state index contributed by atoms with van der Waals surface area (Å²) in [5.74, 6) is 0. The Labute approximate surface area is 100 Å². The van der Waals surface area contributed by atoms with Crippen LogP contribution in [0.4, 0.5) is 5.69 Å². The van der Waals surface area contributed by atoms with Gasteiger partial charge in [-0.15, -0.1) is 0 Å². The zero-order valence-corrected chi connectivity index (χ0v) is 11.1. The van der Waals surface area contributed by atoms with Crippen molar-refractivity contribution < 1.29 is 0 Å². The van der Waals surface area contributed by atoms with Crippen molar-refractivity contribution >= 4 is 5.69 Å². The molecular weight excluding hydrogens is 194 g/mol. The molecule has 0 fully saturated rings. The lowest BCUT2D eigenvalue weighted by Crippen LogP contribution is -2.25. The normalized spacial score (nSPS) is 11.5. The molecule has 0 radical (unpaired) electrons. The average molecular weight is 219 g/mol. The molecule has 1 N–H and O–H groups in total. The van der Waals surface area contributed by atoms with Crippen molar-refractivity contribution in [1.29, 1.82) is 0 Å². The summed E-state index contributed by atoms with van der Waals surface area (Å²) >= 11 is 0. The molecule has 0 aliphatic carbocycles. The molecule has 1 heteroatoms. The highest BCUT2D eigenvalue weighted by atomic mass is 14.9. The van der Waals surface area contributed by atoms with Crippen LogP contribution in [0, 0.1) is 0 Å². The number of rotatable bonds is 5. The molecule has 0 saturated heterocycles. The lowest BCUT2D eigenvalue weighted by atomic mass is 10.1. The fourth-order valence-corrected chi connectivity index (χ4v) is 1.77. The first-order chi connectivity index (χ1) is 7.51. The van der Waals surface area contributed by atoms with E-state index in [0.29, 0.717) is 0 Å². The second-order valence-electron chi connectivity index (χ2n) is 5.53. The van der Waals surface area contributed by atoms with E-state index in [0.717, 1.165) is 0 Å². The van der Waals surface area contributed by atoms with E-state index < -0.39 is 0 Å². The van der Waals surface area contributed by atoms with Gasteiger partial charge >= 0.3 is 0 Å². The first-order valence-corrected chi connectivity index (χ1v) is 6.38. The van der Waals surface area contributed by atoms with E-state index in [9.17, 15) is 0 Å². The first kappa shape index (κ1) is 13.1. The predicted molar refractivity (Wildman–Crippen MR) is 73.0 cm³/mol. The van der Waals surface area contributed by atoms with Gasteiger partial charge in [0.1, 0.15) is 0 Å². The van der Waals surface area contributed by atoms with Gasteiger partial charge in [0.05, 0.1) is 0 Å². The second kappa shape index (κ2) is 5.93. The molecule has 1 nitrogen and oxygen atoms in total. The van der Waals surface area contributed by atoms with Crippen molar-refractivity contribution in [1.82, 2.24) is 0 Å². The first-order valence-electron chi connectivity index (χ1n) is 6.38. The van der Waals surface area contributed by atoms with Gasteiger partial charge in [-0.1, -0.05) is 31.9 Å². The van der Waals surface area contributed by atoms with E-state index in [2.05, 4.69) is 57.3 Å². The number of aryl methyl sites for hydroxylation is 1. The Kier molecular flexibility index (Phi) is 4.85. The molecule has 0 heterocycles. The van der Waals surface area contributed by atoms with E-state index >= 15 is 0 Å². The summed E-state index contributed by atoms with van der Waals surface area (Å²) < 4.78 is 0. The van der Waals surface area contributed by atoms with Gasteiger partial charge in [-0.3, -0.25) is 0 Å². The summed E-state index contributed by atoms with van der Waals surface area (Å²) in [7, 11) is 0. The van der Waals surface area contributed by atoms with Gasteiger partial charge in [0.2, 0.25) is 0 Å². The van der Waals surface area contributed by atoms with Crippen molar-refractivity contribution in [2.45, 2.75) is 58.9 Å². The SMILES string of the molecule is CCCCCc1ccc(NC(C)(C)C)cc1. The van der Waals surface area contributed by atoms with Crippen LogP contribution in [0.3, 0.4) is 0 Å². The summed E-state index contributed by atoms with van der Waals surface area (Å²) in [6, 6.07) is 8.85. The maximum absolute atomic E-state index is 3.48. The van der Waals surface area contributed by atoms with Crippen molar-refractivity contribution in [3.63, 3.8) is 0 Å². The van der Waals surface area contributed by atoms with E-state index in [-0.39, 0.29) is 5.54 Å². The molecule has 0 atom stereocenters. The maximum atomic E-state index is 3.48. The number of benzene rings is 1. The monoisotopic (exact) mass is 219 g/mol. The molecule has 1 rings (SSSR count). The standard InChI is InChI=1S/C15H25N/c1-5-6-7-8-13-9-11-14(12-10-13)16-15(2,3)4/h9-12,16H,5-8H2,1-4H3. The fourth-order valence-electron chi connectivity index (χ4n) is 1.77. The van der Waals surface area contributed by atoms with Crippen LogP contribution in [-0.4, -0.2) is 5.54 Å². The van der Waals surface area contributed by atoms with Gasteiger partial charge in [0.25, 0.3) is 0 Å². The summed E-state index contributed by atoms with van der Waals surface area (Å²) in [6.45, 7) is 8.79. The molecule has 1 aromatic rings. The highest BCUT2D eigenvalue weighted by Gasteiger charge is 2.08. The minimum absolute atomic E-state index is 0.143. The van der Waals surface area contributed by atoms with Crippen LogP contribution in [0.1, 0.15) is 52.5 Å². The molecular formula is C15H25N. The Hall–Kier alpha value is -0.980. The van der Waals surface area contributed by atoms with E-state index in [1.165, 1.54) is 36.9 Å². The van der Waals surface area contributed by atoms with Gasteiger partial charge in [-0.05, 0) is 51.3 Å². The molecule has 90 valence electrons. The Morgan fingerprint density at radius 1 is 1.00 bits per heavy atom. The third-order valence-corrected chi connectivity index (χ3v) is 2.54. The van der Waals surface area contributed by atoms with Gasteiger partial charge in [-0.2, -0.15) is 0 Å². The smallest absolute Gasteiger partial charge is 0.0344 e. The van der Waals surface area contributed by atoms with Crippen LogP contribution in [0.25, 0.3) is 0 Å². The topological polar surface area (TPSA) is 12.0 Å². The molecule has 0 saturated carbocycles. The van der Waals surface area contributed by atoms with Crippen LogP contribution < -0.4 is 5.32 Å². The molecule has 1 aromatic carbocycles. The molecule has 0 aromatic heterocycles. The molecule has 0 spiro atoms. The number of nitrogens with one attached hydrogen (secondary N) is 1. The number of hydrogen-bond donors (Lipinski definition) is 1. The third kappa shape index (κ3) is 5.20. The Balaban J connectivity index is 2.48. The second-order valence-corrected chi connectivity index (χ2v) is 5.53. The Bertz CT molecular complexity index is 292. The third-order valence-electron chi connectivity index (χ3n) is 2.54. The zero-order valence-electron chi connectivity index (χ0n) is 11.1. The van der Waals surface area contributed by atoms with Crippen LogP contribution in [0.15, 0.2) is 24.3 Å². The highest BCUT2D eigenvalue weighted by molar-refractivity contribution is 5.46. The lowest BCUT2D eigenvalue weighted by Gasteiger charge is -2.22. The highest BCUT2D eigenvalue weighted by Crippen LogP contribution is 2.16. The quantitative estimate of drug-likeness (QED) is 0.712. The minimum Gasteiger partial charge on any atom is -0.380 e. The van der Waals surface area contributed by atoms with E-state index in [1.54, 1.807) is 0 Å². The van der Waals surface area contributed by atoms with Gasteiger partial charge < -0.3 is 5.32 Å². The van der Waals surface area contributed by atoms with E-state index in [1.807, 2.05) is 0 Å². The molecule has 0 aliphatic rings. The Morgan fingerprint density at radius 3 is 2.12 bits per heavy atom. The fraction of sp³-hybridized carbons (Fsp3) is 0.600. The van der Waals surface area contributed by atoms with Gasteiger partial charge in [0.15, 0.2) is 0 Å². The van der Waals surface area contributed by atoms with Crippen molar-refractivity contribution in [3.8, 4) is 0 Å². The van der Waals surface area contributed by atoms with Crippen molar-refractivity contribution in [2.24, 2.45) is 0 Å². The molecule has 0 aliphatic heterocycles. The van der Waals surface area contributed by atoms with Crippen molar-refractivity contribution in [2.75, 3.05) is 5.32 Å². The molecule has 0 amide bonds. The number of unbranched alkanes of at least 4 members (excludes halogenated alkanes) is 2. The molecule has 0 unspecified atom stereocenters. The van der Waals surface area contributed by atoms with Crippen LogP contribution in [0.2, 0.25) is 0 Å². The number of hydrogen-bond acceptors (Lipinski definition) is 1. The summed E-state index contributed by atoms with van der Waals surface area (Å²) in [5, 5.41) is 3.48. The molecule has 0 bridgehead atoms. The average Bonchev–Trinajstić information content (AvgIpc) is 2.19. The summed E-state index contributed by atoms with van der Waals surface area (Å²) in [5.41, 5.74) is 2.81. The summed E-state index contributed by atoms with van der Waals surface area (Å²) in [6.07, 6.45) is 5.15. The predicted octanol–water partition coefficient (Wildman–Crippen LogP) is 4.63. The van der Waals surface area contributed by atoms with Crippen LogP contribution in [-0.2, 0) is 6.42 Å². The lowest BCUT2D eigenvalue weighted by molar-refractivity contribution is 0.634. The van der Waals surface area contributed by atoms with Gasteiger partial charge in [-0.25, -0.2) is 0 Å². The van der Waals surface area contributed by atoms with Crippen LogP contribution in [0.5, 0.6) is 0 Å². The summed E-state index contributed by atoms with van der Waals surface area (Å²) in [4.78, 5) is 0. The minimum atomic E-state index is 0.143. The Morgan fingerprint density at radius 2 is 1.62 bits per heavy atom. The number of anilines is 1. The maximum Gasteiger partial charge on any atom is 0.0344 e. The zero-order chi connectivity index (χ0) is 12.0.